The number of aromatic hydroxyl groups is 1. The number of hydrogen-bond acceptors (Lipinski definition) is 5. The second-order valence-corrected chi connectivity index (χ2v) is 7.35. The molecule has 0 fully saturated rings. The van der Waals surface area contributed by atoms with E-state index in [4.69, 9.17) is 0 Å². The third-order valence-electron chi connectivity index (χ3n) is 3.57. The molecule has 10 heteroatoms. The fourth-order valence-corrected chi connectivity index (χ4v) is 3.34. The molecule has 0 aliphatic carbocycles. The molecule has 2 N–H and O–H groups in total. The summed E-state index contributed by atoms with van der Waals surface area (Å²) in [5, 5.41) is 20.9. The van der Waals surface area contributed by atoms with E-state index in [0.29, 0.717) is 22.6 Å². The molecule has 0 unspecified atom stereocenters. The van der Waals surface area contributed by atoms with Crippen molar-refractivity contribution in [2.24, 2.45) is 7.05 Å². The minimum atomic E-state index is -0.848. The van der Waals surface area contributed by atoms with Crippen LogP contribution < -0.4 is 5.32 Å². The van der Waals surface area contributed by atoms with Crippen LogP contribution in [-0.2, 0) is 11.8 Å². The van der Waals surface area contributed by atoms with Crippen LogP contribution in [0.25, 0.3) is 11.4 Å². The lowest BCUT2D eigenvalue weighted by Crippen LogP contribution is -2.15. The number of phenolic OH excluding ortho intramolecular Hbond substituents is 1. The highest BCUT2D eigenvalue weighted by Crippen LogP contribution is 2.32. The summed E-state index contributed by atoms with van der Waals surface area (Å²) in [6.07, 6.45) is 0. The lowest BCUT2D eigenvalue weighted by molar-refractivity contribution is -0.113. The van der Waals surface area contributed by atoms with Gasteiger partial charge in [0.05, 0.1) is 17.0 Å². The molecule has 0 aliphatic rings. The maximum atomic E-state index is 13.6. The average Bonchev–Trinajstić information content (AvgIpc) is 2.98. The highest BCUT2D eigenvalue weighted by Gasteiger charge is 2.16. The Labute approximate surface area is 165 Å². The van der Waals surface area contributed by atoms with E-state index in [2.05, 4.69) is 31.4 Å². The van der Waals surface area contributed by atoms with Crippen molar-refractivity contribution in [2.45, 2.75) is 5.16 Å². The molecule has 3 rings (SSSR count). The minimum absolute atomic E-state index is 0.0484. The summed E-state index contributed by atoms with van der Waals surface area (Å²) >= 11 is 4.43. The van der Waals surface area contributed by atoms with E-state index in [9.17, 15) is 18.7 Å². The number of nitrogens with one attached hydrogen (secondary N) is 1. The maximum absolute atomic E-state index is 13.6. The molecule has 1 aromatic heterocycles. The first-order chi connectivity index (χ1) is 12.8. The van der Waals surface area contributed by atoms with Gasteiger partial charge in [-0.05, 0) is 30.3 Å². The van der Waals surface area contributed by atoms with Crippen molar-refractivity contribution in [1.29, 1.82) is 0 Å². The summed E-state index contributed by atoms with van der Waals surface area (Å²) in [5.41, 5.74) is 0.392. The zero-order chi connectivity index (χ0) is 19.6. The number of carbonyl (C=O) groups excluding carboxylic acids is 1. The number of nitrogens with zero attached hydrogens (tertiary/aromatic N) is 3. The number of rotatable bonds is 5. The summed E-state index contributed by atoms with van der Waals surface area (Å²) in [5.74, 6) is -1.61. The van der Waals surface area contributed by atoms with E-state index in [1.54, 1.807) is 23.7 Å². The number of halogens is 3. The van der Waals surface area contributed by atoms with Gasteiger partial charge in [-0.15, -0.1) is 10.2 Å². The van der Waals surface area contributed by atoms with Crippen molar-refractivity contribution in [3.8, 4) is 17.1 Å². The smallest absolute Gasteiger partial charge is 0.234 e. The molecular weight excluding hydrogens is 442 g/mol. The third-order valence-corrected chi connectivity index (χ3v) is 5.09. The summed E-state index contributed by atoms with van der Waals surface area (Å²) in [4.78, 5) is 12.0. The second kappa shape index (κ2) is 8.05. The van der Waals surface area contributed by atoms with Gasteiger partial charge in [0.25, 0.3) is 0 Å². The van der Waals surface area contributed by atoms with Crippen molar-refractivity contribution in [3.05, 3.63) is 52.5 Å². The second-order valence-electron chi connectivity index (χ2n) is 5.49. The lowest BCUT2D eigenvalue weighted by Gasteiger charge is -2.07. The molecule has 0 saturated carbocycles. The van der Waals surface area contributed by atoms with E-state index < -0.39 is 17.5 Å². The normalized spacial score (nSPS) is 10.8. The monoisotopic (exact) mass is 454 g/mol. The van der Waals surface area contributed by atoms with Crippen LogP contribution in [0.5, 0.6) is 5.75 Å². The Morgan fingerprint density at radius 2 is 2.04 bits per heavy atom. The van der Waals surface area contributed by atoms with E-state index in [-0.39, 0.29) is 17.2 Å². The number of carbonyl (C=O) groups is 1. The van der Waals surface area contributed by atoms with Crippen LogP contribution in [0.4, 0.5) is 14.5 Å². The van der Waals surface area contributed by atoms with Crippen molar-refractivity contribution in [3.63, 3.8) is 0 Å². The van der Waals surface area contributed by atoms with Crippen molar-refractivity contribution in [1.82, 2.24) is 14.8 Å². The van der Waals surface area contributed by atoms with Crippen molar-refractivity contribution < 1.29 is 18.7 Å². The van der Waals surface area contributed by atoms with Crippen LogP contribution in [0, 0.1) is 11.6 Å². The largest absolute Gasteiger partial charge is 0.507 e. The zero-order valence-corrected chi connectivity index (χ0v) is 16.3. The van der Waals surface area contributed by atoms with Gasteiger partial charge >= 0.3 is 0 Å². The average molecular weight is 455 g/mol. The van der Waals surface area contributed by atoms with Crippen molar-refractivity contribution in [2.75, 3.05) is 11.1 Å². The molecule has 0 saturated heterocycles. The predicted molar refractivity (Wildman–Crippen MR) is 102 cm³/mol. The summed E-state index contributed by atoms with van der Waals surface area (Å²) in [6, 6.07) is 7.85. The van der Waals surface area contributed by atoms with Crippen LogP contribution in [-0.4, -0.2) is 31.5 Å². The number of anilines is 1. The van der Waals surface area contributed by atoms with Gasteiger partial charge in [-0.25, -0.2) is 8.78 Å². The predicted octanol–water partition coefficient (Wildman–Crippen LogP) is 3.96. The fourth-order valence-electron chi connectivity index (χ4n) is 2.27. The molecule has 140 valence electrons. The van der Waals surface area contributed by atoms with Crippen LogP contribution >= 0.6 is 27.7 Å². The van der Waals surface area contributed by atoms with Crippen LogP contribution in [0.2, 0.25) is 0 Å². The minimum Gasteiger partial charge on any atom is -0.507 e. The highest BCUT2D eigenvalue weighted by atomic mass is 79.9. The maximum Gasteiger partial charge on any atom is 0.234 e. The zero-order valence-electron chi connectivity index (χ0n) is 13.9. The van der Waals surface area contributed by atoms with Crippen LogP contribution in [0.3, 0.4) is 0 Å². The summed E-state index contributed by atoms with van der Waals surface area (Å²) in [7, 11) is 1.70. The van der Waals surface area contributed by atoms with Crippen LogP contribution in [0.15, 0.2) is 46.0 Å². The quantitative estimate of drug-likeness (QED) is 0.570. The molecule has 0 aliphatic heterocycles. The molecule has 1 amide bonds. The number of aromatic nitrogens is 3. The number of thioether (sulfide) groups is 1. The Balaban J connectivity index is 1.69. The van der Waals surface area contributed by atoms with Gasteiger partial charge in [-0.2, -0.15) is 0 Å². The van der Waals surface area contributed by atoms with E-state index in [1.807, 2.05) is 0 Å². The molecule has 0 radical (unpaired) electrons. The molecule has 6 nitrogen and oxygen atoms in total. The molecule has 27 heavy (non-hydrogen) atoms. The molecule has 0 atom stereocenters. The van der Waals surface area contributed by atoms with Crippen molar-refractivity contribution >= 4 is 39.3 Å². The summed E-state index contributed by atoms with van der Waals surface area (Å²) < 4.78 is 28.9. The fraction of sp³-hybridized carbons (Fsp3) is 0.118. The van der Waals surface area contributed by atoms with Gasteiger partial charge in [0.1, 0.15) is 17.4 Å². The van der Waals surface area contributed by atoms with Gasteiger partial charge in [0.2, 0.25) is 5.91 Å². The number of phenols is 1. The number of hydrogen-bond donors (Lipinski definition) is 2. The molecule has 2 aromatic carbocycles. The number of benzene rings is 2. The Kier molecular flexibility index (Phi) is 5.76. The molecule has 3 aromatic rings. The third kappa shape index (κ3) is 4.45. The molecule has 0 bridgehead atoms. The standard InChI is InChI=1S/C17H13BrF2N4O2S/c1-24-16(11-6-9(18)2-5-14(11)25)22-23-17(24)27-8-15(26)21-13-4-3-10(19)7-12(13)20/h2-7,25H,8H2,1H3,(H,21,26). The first-order valence-corrected chi connectivity index (χ1v) is 9.39. The lowest BCUT2D eigenvalue weighted by atomic mass is 10.2. The Morgan fingerprint density at radius 3 is 2.78 bits per heavy atom. The Hall–Kier alpha value is -2.46. The van der Waals surface area contributed by atoms with Gasteiger partial charge < -0.3 is 15.0 Å². The first kappa shape index (κ1) is 19.3. The van der Waals surface area contributed by atoms with E-state index in [0.717, 1.165) is 28.4 Å². The van der Waals surface area contributed by atoms with Gasteiger partial charge in [0, 0.05) is 17.6 Å². The van der Waals surface area contributed by atoms with Crippen LogP contribution in [0.1, 0.15) is 0 Å². The molecule has 1 heterocycles. The first-order valence-electron chi connectivity index (χ1n) is 7.61. The van der Waals surface area contributed by atoms with Gasteiger partial charge in [0.15, 0.2) is 11.0 Å². The van der Waals surface area contributed by atoms with Gasteiger partial charge in [-0.1, -0.05) is 27.7 Å². The van der Waals surface area contributed by atoms with Gasteiger partial charge in [-0.3, -0.25) is 4.79 Å². The summed E-state index contributed by atoms with van der Waals surface area (Å²) in [6.45, 7) is 0. The highest BCUT2D eigenvalue weighted by molar-refractivity contribution is 9.10. The van der Waals surface area contributed by atoms with E-state index in [1.165, 1.54) is 6.07 Å². The Bertz CT molecular complexity index is 1010. The topological polar surface area (TPSA) is 80.0 Å². The van der Waals surface area contributed by atoms with E-state index >= 15 is 0 Å². The number of amides is 1. The molecular formula is C17H13BrF2N4O2S. The SMILES string of the molecule is Cn1c(SCC(=O)Nc2ccc(F)cc2F)nnc1-c1cc(Br)ccc1O. The Morgan fingerprint density at radius 1 is 1.26 bits per heavy atom. The molecule has 0 spiro atoms.